The average Bonchev–Trinajstić information content (AvgIpc) is 2.73. The first kappa shape index (κ1) is 10.2. The monoisotopic (exact) mass is 220 g/mol. The smallest absolute Gasteiger partial charge is 0.213 e. The Labute approximate surface area is 92.9 Å². The van der Waals surface area contributed by atoms with E-state index >= 15 is 0 Å². The largest absolute Gasteiger partial charge is 0.343 e. The highest BCUT2D eigenvalue weighted by atomic mass is 32.2. The summed E-state index contributed by atoms with van der Waals surface area (Å²) in [6.07, 6.45) is 1.36. The summed E-state index contributed by atoms with van der Waals surface area (Å²) in [6.45, 7) is 4.25. The Bertz CT molecular complexity index is 440. The van der Waals surface area contributed by atoms with Crippen LogP contribution in [0.4, 0.5) is 0 Å². The van der Waals surface area contributed by atoms with Crippen LogP contribution < -0.4 is 0 Å². The number of nitrogens with zero attached hydrogens (tertiary/aromatic N) is 2. The Morgan fingerprint density at radius 1 is 1.33 bits per heavy atom. The summed E-state index contributed by atoms with van der Waals surface area (Å²) in [4.78, 5) is 5.26. The number of hydrogen-bond donors (Lipinski definition) is 0. The second-order valence-electron chi connectivity index (χ2n) is 3.33. The molecule has 0 aliphatic rings. The maximum Gasteiger partial charge on any atom is 0.213 e. The molecule has 3 nitrogen and oxygen atoms in total. The molecule has 2 rings (SSSR count). The first-order chi connectivity index (χ1) is 7.27. The second-order valence-corrected chi connectivity index (χ2v) is 4.35. The molecule has 0 N–H and O–H groups in total. The highest BCUT2D eigenvalue weighted by molar-refractivity contribution is 7.98. The van der Waals surface area contributed by atoms with Crippen molar-refractivity contribution in [3.8, 4) is 0 Å². The summed E-state index contributed by atoms with van der Waals surface area (Å²) in [7, 11) is 0. The van der Waals surface area contributed by atoms with Gasteiger partial charge in [-0.25, -0.2) is 0 Å². The molecule has 0 aliphatic heterocycles. The van der Waals surface area contributed by atoms with Crippen LogP contribution in [0.1, 0.15) is 17.0 Å². The summed E-state index contributed by atoms with van der Waals surface area (Å²) >= 11 is 1.73. The molecule has 1 heterocycles. The number of aromatic nitrogens is 2. The lowest BCUT2D eigenvalue weighted by Gasteiger charge is -2.06. The Balaban J connectivity index is 2.08. The van der Waals surface area contributed by atoms with Gasteiger partial charge in [-0.05, 0) is 31.0 Å². The van der Waals surface area contributed by atoms with Crippen molar-refractivity contribution in [3.05, 3.63) is 41.5 Å². The molecule has 15 heavy (non-hydrogen) atoms. The Morgan fingerprint density at radius 3 is 2.93 bits per heavy atom. The van der Waals surface area contributed by atoms with E-state index in [9.17, 15) is 0 Å². The molecule has 0 unspecified atom stereocenters. The van der Waals surface area contributed by atoms with Crippen LogP contribution in [-0.4, -0.2) is 10.1 Å². The van der Waals surface area contributed by atoms with Gasteiger partial charge < -0.3 is 4.52 Å². The molecule has 0 fully saturated rings. The highest BCUT2D eigenvalue weighted by Gasteiger charge is 2.04. The molecule has 0 atom stereocenters. The molecule has 0 amide bonds. The molecule has 78 valence electrons. The maximum absolute atomic E-state index is 4.68. The average molecular weight is 220 g/mol. The number of rotatable bonds is 3. The summed E-state index contributed by atoms with van der Waals surface area (Å²) in [5.74, 6) is 1.49. The van der Waals surface area contributed by atoms with E-state index in [-0.39, 0.29) is 0 Å². The van der Waals surface area contributed by atoms with Crippen molar-refractivity contribution in [2.45, 2.75) is 24.5 Å². The third kappa shape index (κ3) is 2.39. The first-order valence-corrected chi connectivity index (χ1v) is 5.70. The van der Waals surface area contributed by atoms with E-state index in [4.69, 9.17) is 0 Å². The predicted octanol–water partition coefficient (Wildman–Crippen LogP) is 2.98. The molecule has 0 radical (unpaired) electrons. The van der Waals surface area contributed by atoms with Crippen LogP contribution in [0.25, 0.3) is 0 Å². The zero-order valence-electron chi connectivity index (χ0n) is 8.73. The van der Waals surface area contributed by atoms with E-state index in [2.05, 4.69) is 46.7 Å². The van der Waals surface area contributed by atoms with Crippen LogP contribution in [0.5, 0.6) is 0 Å². The van der Waals surface area contributed by atoms with E-state index in [0.29, 0.717) is 0 Å². The molecule has 1 aromatic heterocycles. The molecule has 1 aromatic carbocycles. The van der Waals surface area contributed by atoms with Crippen molar-refractivity contribution in [3.63, 3.8) is 0 Å². The molecule has 0 saturated heterocycles. The third-order valence-electron chi connectivity index (χ3n) is 2.32. The van der Waals surface area contributed by atoms with Crippen LogP contribution in [0.3, 0.4) is 0 Å². The zero-order chi connectivity index (χ0) is 10.7. The summed E-state index contributed by atoms with van der Waals surface area (Å²) < 4.78 is 4.68. The van der Waals surface area contributed by atoms with Crippen LogP contribution in [0.2, 0.25) is 0 Å². The van der Waals surface area contributed by atoms with Gasteiger partial charge in [0.25, 0.3) is 0 Å². The number of aryl methyl sites for hydroxylation is 1. The number of benzene rings is 1. The summed E-state index contributed by atoms with van der Waals surface area (Å²) in [6, 6.07) is 6.31. The molecule has 0 aliphatic carbocycles. The Kier molecular flexibility index (Phi) is 3.06. The lowest BCUT2D eigenvalue weighted by Crippen LogP contribution is -1.87. The maximum atomic E-state index is 4.68. The van der Waals surface area contributed by atoms with Crippen LogP contribution in [-0.2, 0) is 5.75 Å². The van der Waals surface area contributed by atoms with E-state index in [1.807, 2.05) is 0 Å². The van der Waals surface area contributed by atoms with E-state index in [1.54, 1.807) is 11.8 Å². The minimum atomic E-state index is 0.737. The van der Waals surface area contributed by atoms with Crippen molar-refractivity contribution in [1.82, 2.24) is 10.1 Å². The lowest BCUT2D eigenvalue weighted by molar-refractivity contribution is 0.412. The van der Waals surface area contributed by atoms with Gasteiger partial charge in [-0.2, -0.15) is 4.98 Å². The van der Waals surface area contributed by atoms with Crippen molar-refractivity contribution >= 4 is 11.8 Å². The van der Waals surface area contributed by atoms with E-state index in [0.717, 1.165) is 11.6 Å². The normalized spacial score (nSPS) is 10.5. The number of hydrogen-bond acceptors (Lipinski definition) is 4. The van der Waals surface area contributed by atoms with Crippen molar-refractivity contribution < 1.29 is 4.52 Å². The molecule has 0 bridgehead atoms. The van der Waals surface area contributed by atoms with Gasteiger partial charge >= 0.3 is 0 Å². The Morgan fingerprint density at radius 2 is 2.20 bits per heavy atom. The number of thioether (sulfide) groups is 1. The fourth-order valence-corrected chi connectivity index (χ4v) is 2.24. The minimum absolute atomic E-state index is 0.737. The van der Waals surface area contributed by atoms with Crippen LogP contribution >= 0.6 is 11.8 Å². The Hall–Kier alpha value is -1.29. The van der Waals surface area contributed by atoms with Gasteiger partial charge in [-0.3, -0.25) is 0 Å². The van der Waals surface area contributed by atoms with Gasteiger partial charge in [0.05, 0.1) is 5.75 Å². The third-order valence-corrected chi connectivity index (χ3v) is 3.47. The SMILES string of the molecule is Cc1cccc(SCc2ncon2)c1C. The molecule has 0 spiro atoms. The molecular formula is C11H12N2OS. The van der Waals surface area contributed by atoms with Gasteiger partial charge in [-0.15, -0.1) is 11.8 Å². The standard InChI is InChI=1S/C11H12N2OS/c1-8-4-3-5-10(9(8)2)15-6-11-12-7-14-13-11/h3-5,7H,6H2,1-2H3. The van der Waals surface area contributed by atoms with Crippen molar-refractivity contribution in [2.75, 3.05) is 0 Å². The first-order valence-electron chi connectivity index (χ1n) is 4.71. The van der Waals surface area contributed by atoms with Gasteiger partial charge in [-0.1, -0.05) is 17.3 Å². The molecule has 4 heteroatoms. The van der Waals surface area contributed by atoms with Crippen molar-refractivity contribution in [1.29, 1.82) is 0 Å². The summed E-state index contributed by atoms with van der Waals surface area (Å²) in [5, 5.41) is 3.78. The quantitative estimate of drug-likeness (QED) is 0.745. The minimum Gasteiger partial charge on any atom is -0.343 e. The van der Waals surface area contributed by atoms with E-state index in [1.165, 1.54) is 22.4 Å². The van der Waals surface area contributed by atoms with Crippen molar-refractivity contribution in [2.24, 2.45) is 0 Å². The zero-order valence-corrected chi connectivity index (χ0v) is 9.54. The molecule has 2 aromatic rings. The fraction of sp³-hybridized carbons (Fsp3) is 0.273. The van der Waals surface area contributed by atoms with E-state index < -0.39 is 0 Å². The fourth-order valence-electron chi connectivity index (χ4n) is 1.28. The predicted molar refractivity (Wildman–Crippen MR) is 59.8 cm³/mol. The van der Waals surface area contributed by atoms with Gasteiger partial charge in [0.15, 0.2) is 5.82 Å². The summed E-state index contributed by atoms with van der Waals surface area (Å²) in [5.41, 5.74) is 2.64. The molecular weight excluding hydrogens is 208 g/mol. The van der Waals surface area contributed by atoms with Gasteiger partial charge in [0.1, 0.15) is 0 Å². The van der Waals surface area contributed by atoms with Crippen LogP contribution in [0, 0.1) is 13.8 Å². The molecule has 0 saturated carbocycles. The van der Waals surface area contributed by atoms with Gasteiger partial charge in [0, 0.05) is 4.90 Å². The van der Waals surface area contributed by atoms with Gasteiger partial charge in [0.2, 0.25) is 6.39 Å². The highest BCUT2D eigenvalue weighted by Crippen LogP contribution is 2.26. The topological polar surface area (TPSA) is 38.9 Å². The second kappa shape index (κ2) is 4.49. The van der Waals surface area contributed by atoms with Crippen LogP contribution in [0.15, 0.2) is 34.0 Å². The lowest BCUT2D eigenvalue weighted by atomic mass is 10.1.